The van der Waals surface area contributed by atoms with E-state index in [2.05, 4.69) is 29.1 Å². The van der Waals surface area contributed by atoms with Crippen molar-refractivity contribution in [2.75, 3.05) is 12.9 Å². The van der Waals surface area contributed by atoms with Gasteiger partial charge in [-0.2, -0.15) is 0 Å². The lowest BCUT2D eigenvalue weighted by Crippen LogP contribution is -2.35. The Balaban J connectivity index is 1.97. The second-order valence-corrected chi connectivity index (χ2v) is 7.40. The molecule has 0 fully saturated rings. The summed E-state index contributed by atoms with van der Waals surface area (Å²) in [5.74, 6) is -0.0739. The second-order valence-electron chi connectivity index (χ2n) is 6.43. The molecule has 2 N–H and O–H groups in total. The topological polar surface area (TPSA) is 84.1 Å². The zero-order valence-electron chi connectivity index (χ0n) is 15.5. The number of ether oxygens (including phenoxy) is 1. The monoisotopic (exact) mass is 375 g/mol. The van der Waals surface area contributed by atoms with E-state index in [1.165, 1.54) is 18.9 Å². The fourth-order valence-corrected chi connectivity index (χ4v) is 3.25. The standard InChI is InChI=1S/C19H25N3O3S/c1-12(2)10-15-13(3)20-19(21-15)26-11-16(23)22-17(18(24)25-4)14-8-6-5-7-9-14/h5-9,12,17H,10-11H2,1-4H3,(H,20,21)(H,22,23)/t17-/m0/s1. The van der Waals surface area contributed by atoms with E-state index >= 15 is 0 Å². The maximum atomic E-state index is 12.3. The molecule has 7 heteroatoms. The molecule has 1 aromatic heterocycles. The first kappa shape index (κ1) is 20.0. The first-order valence-corrected chi connectivity index (χ1v) is 9.49. The lowest BCUT2D eigenvalue weighted by molar-refractivity contribution is -0.145. The van der Waals surface area contributed by atoms with E-state index < -0.39 is 12.0 Å². The van der Waals surface area contributed by atoms with Crippen molar-refractivity contribution in [3.05, 3.63) is 47.3 Å². The molecule has 0 unspecified atom stereocenters. The van der Waals surface area contributed by atoms with Crippen molar-refractivity contribution >= 4 is 23.6 Å². The number of nitrogens with one attached hydrogen (secondary N) is 2. The van der Waals surface area contributed by atoms with Crippen LogP contribution in [0.3, 0.4) is 0 Å². The van der Waals surface area contributed by atoms with Gasteiger partial charge in [0.2, 0.25) is 5.91 Å². The number of esters is 1. The van der Waals surface area contributed by atoms with Crippen molar-refractivity contribution < 1.29 is 14.3 Å². The number of imidazole rings is 1. The van der Waals surface area contributed by atoms with Gasteiger partial charge in [0.25, 0.3) is 0 Å². The average molecular weight is 375 g/mol. The lowest BCUT2D eigenvalue weighted by Gasteiger charge is -2.16. The fourth-order valence-electron chi connectivity index (χ4n) is 2.50. The van der Waals surface area contributed by atoms with Crippen LogP contribution in [0.25, 0.3) is 0 Å². The number of aromatic nitrogens is 2. The Morgan fingerprint density at radius 2 is 1.96 bits per heavy atom. The first-order valence-electron chi connectivity index (χ1n) is 8.51. The number of amides is 1. The van der Waals surface area contributed by atoms with Crippen molar-refractivity contribution in [3.8, 4) is 0 Å². The number of benzene rings is 1. The van der Waals surface area contributed by atoms with E-state index in [-0.39, 0.29) is 11.7 Å². The number of aromatic amines is 1. The zero-order valence-corrected chi connectivity index (χ0v) is 16.4. The molecule has 1 atom stereocenters. The summed E-state index contributed by atoms with van der Waals surface area (Å²) in [7, 11) is 1.31. The quantitative estimate of drug-likeness (QED) is 0.547. The van der Waals surface area contributed by atoms with Crippen molar-refractivity contribution in [3.63, 3.8) is 0 Å². The Hall–Kier alpha value is -2.28. The summed E-state index contributed by atoms with van der Waals surface area (Å²) in [6.07, 6.45) is 0.896. The molecule has 1 heterocycles. The molecule has 140 valence electrons. The summed E-state index contributed by atoms with van der Waals surface area (Å²) >= 11 is 1.32. The normalized spacial score (nSPS) is 12.0. The molecule has 0 saturated heterocycles. The minimum absolute atomic E-state index is 0.161. The van der Waals surface area contributed by atoms with E-state index in [9.17, 15) is 9.59 Å². The van der Waals surface area contributed by atoms with Gasteiger partial charge < -0.3 is 15.0 Å². The van der Waals surface area contributed by atoms with E-state index in [0.717, 1.165) is 17.8 Å². The van der Waals surface area contributed by atoms with Gasteiger partial charge in [-0.1, -0.05) is 55.9 Å². The summed E-state index contributed by atoms with van der Waals surface area (Å²) in [5, 5.41) is 3.44. The highest BCUT2D eigenvalue weighted by Crippen LogP contribution is 2.20. The van der Waals surface area contributed by atoms with Gasteiger partial charge in [0.1, 0.15) is 0 Å². The van der Waals surface area contributed by atoms with Crippen LogP contribution in [-0.4, -0.2) is 34.7 Å². The van der Waals surface area contributed by atoms with Crippen molar-refractivity contribution in [1.29, 1.82) is 0 Å². The van der Waals surface area contributed by atoms with Crippen LogP contribution in [0.5, 0.6) is 0 Å². The smallest absolute Gasteiger partial charge is 0.333 e. The van der Waals surface area contributed by atoms with Gasteiger partial charge in [-0.25, -0.2) is 9.78 Å². The molecule has 6 nitrogen and oxygen atoms in total. The molecule has 0 aliphatic heterocycles. The molecule has 0 spiro atoms. The van der Waals surface area contributed by atoms with Gasteiger partial charge in [0.05, 0.1) is 18.6 Å². The van der Waals surface area contributed by atoms with Gasteiger partial charge in [-0.15, -0.1) is 0 Å². The first-order chi connectivity index (χ1) is 12.4. The molecule has 1 aromatic carbocycles. The zero-order chi connectivity index (χ0) is 19.1. The molecule has 0 radical (unpaired) electrons. The van der Waals surface area contributed by atoms with Crippen LogP contribution >= 0.6 is 11.8 Å². The van der Waals surface area contributed by atoms with Gasteiger partial charge in [0, 0.05) is 5.69 Å². The van der Waals surface area contributed by atoms with Crippen molar-refractivity contribution in [2.45, 2.75) is 38.4 Å². The molecular weight excluding hydrogens is 350 g/mol. The van der Waals surface area contributed by atoms with Gasteiger partial charge in [-0.3, -0.25) is 4.79 Å². The van der Waals surface area contributed by atoms with E-state index in [0.29, 0.717) is 16.6 Å². The van der Waals surface area contributed by atoms with Crippen molar-refractivity contribution in [2.24, 2.45) is 5.92 Å². The van der Waals surface area contributed by atoms with Crippen LogP contribution in [0.15, 0.2) is 35.5 Å². The van der Waals surface area contributed by atoms with Crippen LogP contribution in [0.1, 0.15) is 36.8 Å². The van der Waals surface area contributed by atoms with E-state index in [1.807, 2.05) is 25.1 Å². The minimum atomic E-state index is -0.816. The molecule has 2 aromatic rings. The molecule has 26 heavy (non-hydrogen) atoms. The molecule has 1 amide bonds. The lowest BCUT2D eigenvalue weighted by atomic mass is 10.1. The fraction of sp³-hybridized carbons (Fsp3) is 0.421. The maximum Gasteiger partial charge on any atom is 0.333 e. The largest absolute Gasteiger partial charge is 0.467 e. The third-order valence-corrected chi connectivity index (χ3v) is 4.65. The molecule has 2 rings (SSSR count). The number of methoxy groups -OCH3 is 1. The summed E-state index contributed by atoms with van der Waals surface area (Å²) in [4.78, 5) is 32.1. The summed E-state index contributed by atoms with van der Waals surface area (Å²) in [6.45, 7) is 6.27. The number of hydrogen-bond donors (Lipinski definition) is 2. The Morgan fingerprint density at radius 3 is 2.58 bits per heavy atom. The van der Waals surface area contributed by atoms with Gasteiger partial charge >= 0.3 is 5.97 Å². The number of H-pyrrole nitrogens is 1. The number of carbonyl (C=O) groups excluding carboxylic acids is 2. The van der Waals surface area contributed by atoms with Crippen LogP contribution in [0, 0.1) is 12.8 Å². The minimum Gasteiger partial charge on any atom is -0.467 e. The summed E-state index contributed by atoms with van der Waals surface area (Å²) < 4.78 is 4.81. The molecule has 0 saturated carbocycles. The molecule has 0 aliphatic rings. The SMILES string of the molecule is COC(=O)[C@@H](NC(=O)CSc1nc(CC(C)C)c(C)[nH]1)c1ccccc1. The molecular formula is C19H25N3O3S. The highest BCUT2D eigenvalue weighted by atomic mass is 32.2. The van der Waals surface area contributed by atoms with E-state index in [4.69, 9.17) is 4.74 Å². The van der Waals surface area contributed by atoms with Crippen LogP contribution in [-0.2, 0) is 20.7 Å². The Kier molecular flexibility index (Phi) is 7.26. The maximum absolute atomic E-state index is 12.3. The molecule has 0 aliphatic carbocycles. The third-order valence-electron chi connectivity index (χ3n) is 3.78. The number of nitrogens with zero attached hydrogens (tertiary/aromatic N) is 1. The number of hydrogen-bond acceptors (Lipinski definition) is 5. The molecule has 0 bridgehead atoms. The summed E-state index contributed by atoms with van der Waals surface area (Å²) in [5.41, 5.74) is 2.74. The van der Waals surface area contributed by atoms with Gasteiger partial charge in [-0.05, 0) is 24.8 Å². The predicted octanol–water partition coefficient (Wildman–Crippen LogP) is 3.04. The average Bonchev–Trinajstić information content (AvgIpc) is 2.97. The Bertz CT molecular complexity index is 744. The van der Waals surface area contributed by atoms with E-state index in [1.54, 1.807) is 12.1 Å². The van der Waals surface area contributed by atoms with Crippen LogP contribution in [0.2, 0.25) is 0 Å². The summed E-state index contributed by atoms with van der Waals surface area (Å²) in [6, 6.07) is 8.22. The highest BCUT2D eigenvalue weighted by Gasteiger charge is 2.23. The van der Waals surface area contributed by atoms with Crippen LogP contribution < -0.4 is 5.32 Å². The third kappa shape index (κ3) is 5.62. The second kappa shape index (κ2) is 9.43. The number of aryl methyl sites for hydroxylation is 1. The number of carbonyl (C=O) groups is 2. The number of thioether (sulfide) groups is 1. The number of rotatable bonds is 8. The van der Waals surface area contributed by atoms with Crippen molar-refractivity contribution in [1.82, 2.24) is 15.3 Å². The Morgan fingerprint density at radius 1 is 1.27 bits per heavy atom. The van der Waals surface area contributed by atoms with Gasteiger partial charge in [0.15, 0.2) is 11.2 Å². The Labute approximate surface area is 158 Å². The van der Waals surface area contributed by atoms with Crippen LogP contribution in [0.4, 0.5) is 0 Å². The predicted molar refractivity (Wildman–Crippen MR) is 102 cm³/mol. The highest BCUT2D eigenvalue weighted by molar-refractivity contribution is 7.99.